The second kappa shape index (κ2) is 13.8. The highest BCUT2D eigenvalue weighted by Crippen LogP contribution is 2.14. The first-order valence-electron chi connectivity index (χ1n) is 11.4. The molecule has 4 atom stereocenters. The molecule has 198 valence electrons. The minimum atomic E-state index is -1.27. The highest BCUT2D eigenvalue weighted by atomic mass is 16.4. The number of aldehydes is 1. The maximum Gasteiger partial charge on any atom is 0.305 e. The number of nitrogens with one attached hydrogen (secondary N) is 3. The van der Waals surface area contributed by atoms with Crippen molar-refractivity contribution in [1.82, 2.24) is 20.9 Å². The molecule has 0 unspecified atom stereocenters. The molecule has 0 aliphatic heterocycles. The van der Waals surface area contributed by atoms with Crippen LogP contribution in [0.1, 0.15) is 39.7 Å². The average Bonchev–Trinajstić information content (AvgIpc) is 2.80. The second-order valence-electron chi connectivity index (χ2n) is 8.83. The Morgan fingerprint density at radius 3 is 2.00 bits per heavy atom. The fourth-order valence-electron chi connectivity index (χ4n) is 3.26. The molecule has 0 heterocycles. The van der Waals surface area contributed by atoms with Gasteiger partial charge in [-0.15, -0.1) is 0 Å². The fraction of sp³-hybridized carbons (Fsp3) is 0.500. The van der Waals surface area contributed by atoms with Crippen LogP contribution in [0.25, 0.3) is 0 Å². The minimum absolute atomic E-state index is 0.0526. The van der Waals surface area contributed by atoms with Crippen molar-refractivity contribution in [2.75, 3.05) is 7.05 Å². The van der Waals surface area contributed by atoms with Crippen LogP contribution < -0.4 is 16.0 Å². The number of rotatable bonds is 13. The van der Waals surface area contributed by atoms with Gasteiger partial charge in [0, 0.05) is 20.4 Å². The molecule has 1 aromatic carbocycles. The summed E-state index contributed by atoms with van der Waals surface area (Å²) >= 11 is 0. The summed E-state index contributed by atoms with van der Waals surface area (Å²) in [6.45, 7) is 6.04. The van der Waals surface area contributed by atoms with E-state index in [1.54, 1.807) is 26.0 Å². The molecule has 0 saturated carbocycles. The number of aliphatic carboxylic acids is 1. The van der Waals surface area contributed by atoms with E-state index in [0.29, 0.717) is 5.56 Å². The van der Waals surface area contributed by atoms with E-state index >= 15 is 0 Å². The summed E-state index contributed by atoms with van der Waals surface area (Å²) in [5.41, 5.74) is 0.683. The summed E-state index contributed by atoms with van der Waals surface area (Å²) in [7, 11) is 1.46. The highest BCUT2D eigenvalue weighted by Gasteiger charge is 2.32. The quantitative estimate of drug-likeness (QED) is 0.224. The first-order chi connectivity index (χ1) is 16.8. The summed E-state index contributed by atoms with van der Waals surface area (Å²) in [4.78, 5) is 73.4. The Kier molecular flexibility index (Phi) is 11.5. The molecule has 0 saturated heterocycles. The zero-order valence-electron chi connectivity index (χ0n) is 21.0. The molecule has 0 radical (unpaired) electrons. The van der Waals surface area contributed by atoms with Gasteiger partial charge in [0.05, 0.1) is 12.5 Å². The number of amides is 4. The first kappa shape index (κ1) is 30.1. The van der Waals surface area contributed by atoms with Gasteiger partial charge in [-0.25, -0.2) is 0 Å². The zero-order valence-corrected chi connectivity index (χ0v) is 21.0. The number of carboxylic acids is 1. The summed E-state index contributed by atoms with van der Waals surface area (Å²) in [5, 5.41) is 25.6. The van der Waals surface area contributed by atoms with Crippen molar-refractivity contribution in [3.8, 4) is 5.75 Å². The van der Waals surface area contributed by atoms with Crippen LogP contribution in [-0.4, -0.2) is 82.2 Å². The van der Waals surface area contributed by atoms with E-state index in [-0.39, 0.29) is 24.4 Å². The molecule has 12 nitrogen and oxygen atoms in total. The standard InChI is InChI=1S/C24H34N4O8/c1-13(2)21(24(36)25-14(3)22(34)26-17(12-29)11-20(32)33)27-23(35)19(28(5)15(4)30)10-16-6-8-18(31)9-7-16/h6-9,12-14,17,19,21,31H,10-11H2,1-5H3,(H,25,36)(H,26,34)(H,27,35)(H,32,33)/t14-,17-,19+,21-/m0/s1. The van der Waals surface area contributed by atoms with Crippen LogP contribution in [0.2, 0.25) is 0 Å². The van der Waals surface area contributed by atoms with Gasteiger partial charge in [-0.05, 0) is 30.5 Å². The Morgan fingerprint density at radius 1 is 0.944 bits per heavy atom. The molecule has 4 amide bonds. The molecular formula is C24H34N4O8. The molecule has 0 spiro atoms. The Bertz CT molecular complexity index is 963. The van der Waals surface area contributed by atoms with Gasteiger partial charge in [-0.1, -0.05) is 26.0 Å². The van der Waals surface area contributed by atoms with E-state index < -0.39 is 60.2 Å². The molecule has 0 aliphatic rings. The number of nitrogens with zero attached hydrogens (tertiary/aromatic N) is 1. The van der Waals surface area contributed by atoms with E-state index in [1.807, 2.05) is 0 Å². The van der Waals surface area contributed by atoms with Gasteiger partial charge >= 0.3 is 5.97 Å². The molecule has 0 aliphatic carbocycles. The number of phenols is 1. The highest BCUT2D eigenvalue weighted by molar-refractivity contribution is 5.94. The molecule has 1 rings (SSSR count). The largest absolute Gasteiger partial charge is 0.508 e. The summed E-state index contributed by atoms with van der Waals surface area (Å²) < 4.78 is 0. The van der Waals surface area contributed by atoms with Crippen LogP contribution in [0, 0.1) is 5.92 Å². The number of benzene rings is 1. The molecule has 0 fully saturated rings. The molecular weight excluding hydrogens is 472 g/mol. The zero-order chi connectivity index (χ0) is 27.6. The Hall–Kier alpha value is -3.96. The van der Waals surface area contributed by atoms with E-state index in [9.17, 15) is 33.9 Å². The number of carboxylic acid groups (broad SMARTS) is 1. The first-order valence-corrected chi connectivity index (χ1v) is 11.4. The SMILES string of the molecule is CC(=O)N(C)[C@H](Cc1ccc(O)cc1)C(=O)N[C@H](C(=O)N[C@@H](C)C(=O)N[C@H](C=O)CC(=O)O)C(C)C. The lowest BCUT2D eigenvalue weighted by Gasteiger charge is -2.30. The third kappa shape index (κ3) is 9.35. The Morgan fingerprint density at radius 2 is 1.53 bits per heavy atom. The number of aromatic hydroxyl groups is 1. The molecule has 12 heteroatoms. The van der Waals surface area contributed by atoms with Gasteiger partial charge in [0.25, 0.3) is 0 Å². The maximum atomic E-state index is 13.2. The molecule has 0 bridgehead atoms. The second-order valence-corrected chi connectivity index (χ2v) is 8.83. The molecule has 0 aromatic heterocycles. The van der Waals surface area contributed by atoms with Crippen LogP contribution in [0.3, 0.4) is 0 Å². The monoisotopic (exact) mass is 506 g/mol. The lowest BCUT2D eigenvalue weighted by atomic mass is 10.00. The third-order valence-electron chi connectivity index (χ3n) is 5.52. The number of hydrogen-bond donors (Lipinski definition) is 5. The van der Waals surface area contributed by atoms with Crippen molar-refractivity contribution in [3.05, 3.63) is 29.8 Å². The van der Waals surface area contributed by atoms with Gasteiger partial charge in [0.15, 0.2) is 0 Å². The van der Waals surface area contributed by atoms with Crippen molar-refractivity contribution in [3.63, 3.8) is 0 Å². The van der Waals surface area contributed by atoms with Crippen LogP contribution in [0.15, 0.2) is 24.3 Å². The summed E-state index contributed by atoms with van der Waals surface area (Å²) in [6, 6.07) is 1.77. The predicted molar refractivity (Wildman–Crippen MR) is 129 cm³/mol. The van der Waals surface area contributed by atoms with E-state index in [1.165, 1.54) is 37.9 Å². The van der Waals surface area contributed by atoms with Crippen LogP contribution in [0.4, 0.5) is 0 Å². The Labute approximate surface area is 209 Å². The molecule has 36 heavy (non-hydrogen) atoms. The Balaban J connectivity index is 2.96. The lowest BCUT2D eigenvalue weighted by Crippen LogP contribution is -2.58. The number of carbonyl (C=O) groups excluding carboxylic acids is 5. The normalized spacial score (nSPS) is 14.1. The molecule has 5 N–H and O–H groups in total. The van der Waals surface area contributed by atoms with Crippen molar-refractivity contribution >= 4 is 35.9 Å². The van der Waals surface area contributed by atoms with Crippen LogP contribution in [0.5, 0.6) is 5.75 Å². The van der Waals surface area contributed by atoms with Crippen molar-refractivity contribution < 1.29 is 39.0 Å². The number of phenolic OH excluding ortho intramolecular Hbond substituents is 1. The van der Waals surface area contributed by atoms with Gasteiger partial charge < -0.3 is 35.9 Å². The van der Waals surface area contributed by atoms with E-state index in [2.05, 4.69) is 16.0 Å². The van der Waals surface area contributed by atoms with Gasteiger partial charge in [0.2, 0.25) is 23.6 Å². The molecule has 1 aromatic rings. The smallest absolute Gasteiger partial charge is 0.305 e. The maximum absolute atomic E-state index is 13.2. The number of hydrogen-bond acceptors (Lipinski definition) is 7. The lowest BCUT2D eigenvalue weighted by molar-refractivity contribution is -0.140. The van der Waals surface area contributed by atoms with Gasteiger partial charge in [-0.2, -0.15) is 0 Å². The van der Waals surface area contributed by atoms with E-state index in [4.69, 9.17) is 5.11 Å². The third-order valence-corrected chi connectivity index (χ3v) is 5.52. The van der Waals surface area contributed by atoms with Crippen molar-refractivity contribution in [1.29, 1.82) is 0 Å². The summed E-state index contributed by atoms with van der Waals surface area (Å²) in [5.74, 6) is -4.00. The predicted octanol–water partition coefficient (Wildman–Crippen LogP) is -0.414. The fourth-order valence-corrected chi connectivity index (χ4v) is 3.26. The van der Waals surface area contributed by atoms with Crippen molar-refractivity contribution in [2.24, 2.45) is 5.92 Å². The minimum Gasteiger partial charge on any atom is -0.508 e. The van der Waals surface area contributed by atoms with Gasteiger partial charge in [0.1, 0.15) is 30.2 Å². The van der Waals surface area contributed by atoms with Crippen molar-refractivity contribution in [2.45, 2.75) is 64.7 Å². The van der Waals surface area contributed by atoms with E-state index in [0.717, 1.165) is 0 Å². The van der Waals surface area contributed by atoms with Gasteiger partial charge in [-0.3, -0.25) is 24.0 Å². The summed E-state index contributed by atoms with van der Waals surface area (Å²) in [6.07, 6.45) is -0.186. The average molecular weight is 507 g/mol. The van der Waals surface area contributed by atoms with Crippen LogP contribution >= 0.6 is 0 Å². The number of carbonyl (C=O) groups is 6. The van der Waals surface area contributed by atoms with Crippen LogP contribution in [-0.2, 0) is 35.2 Å². The number of likely N-dealkylation sites (N-methyl/N-ethyl adjacent to an activating group) is 1. The topological polar surface area (TPSA) is 182 Å².